The minimum Gasteiger partial charge on any atom is -0.465 e. The number of carbonyl (C=O) groups is 1. The van der Waals surface area contributed by atoms with E-state index in [0.29, 0.717) is 28.8 Å². The van der Waals surface area contributed by atoms with Crippen molar-refractivity contribution in [2.45, 2.75) is 13.3 Å². The van der Waals surface area contributed by atoms with Crippen LogP contribution in [0.2, 0.25) is 10.0 Å². The fourth-order valence-electron chi connectivity index (χ4n) is 1.48. The van der Waals surface area contributed by atoms with Crippen LogP contribution in [0.15, 0.2) is 23.2 Å². The van der Waals surface area contributed by atoms with Gasteiger partial charge in [-0.15, -0.1) is 0 Å². The maximum atomic E-state index is 12.2. The van der Waals surface area contributed by atoms with Crippen LogP contribution in [-0.2, 0) is 4.74 Å². The third-order valence-corrected chi connectivity index (χ3v) is 3.39. The molecule has 1 rings (SSSR count). The van der Waals surface area contributed by atoms with Crippen molar-refractivity contribution >= 4 is 35.1 Å². The molecule has 5 nitrogen and oxygen atoms in total. The van der Waals surface area contributed by atoms with Gasteiger partial charge in [0.05, 0.1) is 23.2 Å². The molecule has 0 spiro atoms. The fraction of sp³-hybridized carbons (Fsp3) is 0.467. The molecule has 1 N–H and O–H groups in total. The van der Waals surface area contributed by atoms with Gasteiger partial charge in [-0.2, -0.15) is 0 Å². The van der Waals surface area contributed by atoms with E-state index in [-0.39, 0.29) is 11.9 Å². The van der Waals surface area contributed by atoms with Crippen molar-refractivity contribution in [3.63, 3.8) is 0 Å². The van der Waals surface area contributed by atoms with Crippen molar-refractivity contribution in [2.24, 2.45) is 4.99 Å². The van der Waals surface area contributed by atoms with Crippen LogP contribution in [0, 0.1) is 0 Å². The zero-order valence-corrected chi connectivity index (χ0v) is 14.5. The molecule has 1 aromatic rings. The first-order valence-electron chi connectivity index (χ1n) is 7.02. The van der Waals surface area contributed by atoms with E-state index in [1.165, 1.54) is 6.07 Å². The number of nitrogens with zero attached hydrogens (tertiary/aromatic N) is 2. The summed E-state index contributed by atoms with van der Waals surface area (Å²) in [5, 5.41) is 3.39. The Morgan fingerprint density at radius 1 is 1.32 bits per heavy atom. The quantitative estimate of drug-likeness (QED) is 0.636. The van der Waals surface area contributed by atoms with Crippen molar-refractivity contribution in [3.8, 4) is 0 Å². The lowest BCUT2D eigenvalue weighted by molar-refractivity contribution is 0.0965. The number of aliphatic imine (C=N–C) groups is 1. The van der Waals surface area contributed by atoms with Gasteiger partial charge in [0.2, 0.25) is 0 Å². The van der Waals surface area contributed by atoms with Crippen LogP contribution in [0.5, 0.6) is 0 Å². The van der Waals surface area contributed by atoms with Gasteiger partial charge in [-0.25, -0.2) is 4.99 Å². The summed E-state index contributed by atoms with van der Waals surface area (Å²) in [6.07, 6.45) is 0.829. The number of benzene rings is 1. The number of halogens is 2. The molecule has 0 unspecified atom stereocenters. The fourth-order valence-corrected chi connectivity index (χ4v) is 1.78. The van der Waals surface area contributed by atoms with Gasteiger partial charge < -0.3 is 9.64 Å². The molecule has 0 fully saturated rings. The Morgan fingerprint density at radius 2 is 2.05 bits per heavy atom. The lowest BCUT2D eigenvalue weighted by Crippen LogP contribution is -2.33. The first kappa shape index (κ1) is 18.7. The first-order chi connectivity index (χ1) is 10.4. The number of amides is 1. The number of carbonyl (C=O) groups excluding carboxylic acids is 1. The molecule has 0 aliphatic carbocycles. The summed E-state index contributed by atoms with van der Waals surface area (Å²) in [4.78, 5) is 18.5. The van der Waals surface area contributed by atoms with Crippen LogP contribution >= 0.6 is 23.2 Å². The number of rotatable bonds is 6. The number of ether oxygens (including phenoxy) is 1. The Kier molecular flexibility index (Phi) is 8.24. The zero-order chi connectivity index (χ0) is 16.5. The molecule has 0 radical (unpaired) electrons. The molecule has 0 aromatic heterocycles. The highest BCUT2D eigenvalue weighted by Crippen LogP contribution is 2.22. The summed E-state index contributed by atoms with van der Waals surface area (Å²) < 4.78 is 5.46. The van der Waals surface area contributed by atoms with E-state index in [1.54, 1.807) is 12.1 Å². The summed E-state index contributed by atoms with van der Waals surface area (Å²) in [6, 6.07) is 4.91. The third-order valence-electron chi connectivity index (χ3n) is 2.65. The van der Waals surface area contributed by atoms with Gasteiger partial charge in [0.15, 0.2) is 0 Å². The summed E-state index contributed by atoms with van der Waals surface area (Å²) >= 11 is 11.8. The number of hydrogen-bond acceptors (Lipinski definition) is 4. The Bertz CT molecular complexity index is 534. The van der Waals surface area contributed by atoms with E-state index in [1.807, 2.05) is 25.9 Å². The number of amidine groups is 1. The van der Waals surface area contributed by atoms with E-state index in [9.17, 15) is 4.79 Å². The van der Waals surface area contributed by atoms with Crippen molar-refractivity contribution in [1.82, 2.24) is 10.2 Å². The zero-order valence-electron chi connectivity index (χ0n) is 13.0. The molecule has 0 heterocycles. The molecule has 0 aliphatic rings. The largest absolute Gasteiger partial charge is 0.465 e. The second-order valence-corrected chi connectivity index (χ2v) is 5.74. The Morgan fingerprint density at radius 3 is 2.64 bits per heavy atom. The van der Waals surface area contributed by atoms with Crippen LogP contribution in [0.1, 0.15) is 23.7 Å². The highest BCUT2D eigenvalue weighted by Gasteiger charge is 2.11. The van der Waals surface area contributed by atoms with E-state index in [2.05, 4.69) is 10.3 Å². The lowest BCUT2D eigenvalue weighted by atomic mass is 10.2. The van der Waals surface area contributed by atoms with Gasteiger partial charge in [-0.3, -0.25) is 10.1 Å². The summed E-state index contributed by atoms with van der Waals surface area (Å²) in [7, 11) is 3.91. The summed E-state index contributed by atoms with van der Waals surface area (Å²) in [5.41, 5.74) is 0.398. The summed E-state index contributed by atoms with van der Waals surface area (Å²) in [6.45, 7) is 3.77. The molecule has 0 saturated heterocycles. The molecule has 0 aliphatic heterocycles. The molecule has 122 valence electrons. The van der Waals surface area contributed by atoms with Gasteiger partial charge in [0.1, 0.15) is 0 Å². The molecular formula is C15H21Cl2N3O2. The van der Waals surface area contributed by atoms with Crippen LogP contribution in [0.25, 0.3) is 0 Å². The maximum absolute atomic E-state index is 12.2. The second-order valence-electron chi connectivity index (χ2n) is 4.92. The summed E-state index contributed by atoms with van der Waals surface area (Å²) in [5.74, 6) is -0.335. The predicted octanol–water partition coefficient (Wildman–Crippen LogP) is 3.07. The van der Waals surface area contributed by atoms with Gasteiger partial charge in [-0.1, -0.05) is 30.1 Å². The number of likely N-dealkylation sites (N-methyl/N-ethyl adjacent to an activating group) is 1. The van der Waals surface area contributed by atoms with E-state index < -0.39 is 0 Å². The van der Waals surface area contributed by atoms with E-state index in [0.717, 1.165) is 13.0 Å². The molecule has 1 aromatic carbocycles. The number of hydrogen-bond donors (Lipinski definition) is 1. The highest BCUT2D eigenvalue weighted by atomic mass is 35.5. The lowest BCUT2D eigenvalue weighted by Gasteiger charge is -2.12. The monoisotopic (exact) mass is 345 g/mol. The van der Waals surface area contributed by atoms with Gasteiger partial charge in [0, 0.05) is 12.1 Å². The Balaban J connectivity index is 2.74. The van der Waals surface area contributed by atoms with Gasteiger partial charge in [-0.05, 0) is 38.7 Å². The van der Waals surface area contributed by atoms with Crippen LogP contribution in [-0.4, -0.2) is 50.6 Å². The molecule has 0 atom stereocenters. The molecule has 22 heavy (non-hydrogen) atoms. The van der Waals surface area contributed by atoms with E-state index >= 15 is 0 Å². The molecule has 1 amide bonds. The minimum absolute atomic E-state index is 0.222. The van der Waals surface area contributed by atoms with Crippen LogP contribution in [0.3, 0.4) is 0 Å². The van der Waals surface area contributed by atoms with Gasteiger partial charge >= 0.3 is 0 Å². The Labute approximate surface area is 141 Å². The average Bonchev–Trinajstić information content (AvgIpc) is 2.46. The predicted molar refractivity (Wildman–Crippen MR) is 91.0 cm³/mol. The van der Waals surface area contributed by atoms with Crippen LogP contribution in [0.4, 0.5) is 0 Å². The number of nitrogens with one attached hydrogen (secondary N) is 1. The van der Waals surface area contributed by atoms with Crippen molar-refractivity contribution in [3.05, 3.63) is 33.8 Å². The van der Waals surface area contributed by atoms with Crippen molar-refractivity contribution in [2.75, 3.05) is 33.8 Å². The standard InChI is InChI=1S/C15H21Cl2N3O2/c1-4-9-22-15(18-7-8-20(2)3)19-14(21)11-5-6-12(16)13(17)10-11/h5-6,10H,4,7-9H2,1-3H3,(H,18,19,21). The average molecular weight is 346 g/mol. The van der Waals surface area contributed by atoms with E-state index in [4.69, 9.17) is 27.9 Å². The van der Waals surface area contributed by atoms with Crippen LogP contribution < -0.4 is 5.32 Å². The second kappa shape index (κ2) is 9.66. The van der Waals surface area contributed by atoms with Crippen molar-refractivity contribution < 1.29 is 9.53 Å². The third kappa shape index (κ3) is 6.64. The minimum atomic E-state index is -0.335. The van der Waals surface area contributed by atoms with Crippen molar-refractivity contribution in [1.29, 1.82) is 0 Å². The molecular weight excluding hydrogens is 325 g/mol. The molecule has 7 heteroatoms. The van der Waals surface area contributed by atoms with Gasteiger partial charge in [0.25, 0.3) is 11.9 Å². The molecule has 0 saturated carbocycles. The Hall–Kier alpha value is -1.30. The molecule has 0 bridgehead atoms. The topological polar surface area (TPSA) is 53.9 Å². The smallest absolute Gasteiger partial charge is 0.291 e. The first-order valence-corrected chi connectivity index (χ1v) is 7.78. The normalized spacial score (nSPS) is 11.6. The maximum Gasteiger partial charge on any atom is 0.291 e. The highest BCUT2D eigenvalue weighted by molar-refractivity contribution is 6.42. The SMILES string of the molecule is CCCOC(=NCCN(C)C)NC(=O)c1ccc(Cl)c(Cl)c1.